The fourth-order valence-corrected chi connectivity index (χ4v) is 8.85. The molecule has 0 bridgehead atoms. The lowest BCUT2D eigenvalue weighted by atomic mass is 9.85. The Morgan fingerprint density at radius 3 is 1.27 bits per heavy atom. The number of nitrogens with zero attached hydrogens (tertiary/aromatic N) is 2. The Labute approximate surface area is 325 Å². The van der Waals surface area contributed by atoms with Crippen molar-refractivity contribution in [2.45, 2.75) is 0 Å². The molecule has 0 aliphatic rings. The van der Waals surface area contributed by atoms with Crippen LogP contribution in [0.4, 0.5) is 17.1 Å². The van der Waals surface area contributed by atoms with Gasteiger partial charge in [-0.1, -0.05) is 152 Å². The summed E-state index contributed by atoms with van der Waals surface area (Å²) in [6.45, 7) is 0. The first-order valence-electron chi connectivity index (χ1n) is 19.3. The van der Waals surface area contributed by atoms with Gasteiger partial charge in [-0.25, -0.2) is 0 Å². The van der Waals surface area contributed by atoms with Crippen LogP contribution in [-0.4, -0.2) is 4.57 Å². The first-order valence-corrected chi connectivity index (χ1v) is 19.3. The monoisotopic (exact) mass is 712 g/mol. The van der Waals surface area contributed by atoms with E-state index in [-0.39, 0.29) is 0 Å². The maximum Gasteiger partial charge on any atom is 0.0541 e. The lowest BCUT2D eigenvalue weighted by Gasteiger charge is -2.26. The molecule has 2 heteroatoms. The molecule has 0 radical (unpaired) electrons. The number of hydrogen-bond donors (Lipinski definition) is 0. The average Bonchev–Trinajstić information content (AvgIpc) is 3.61. The first kappa shape index (κ1) is 32.0. The zero-order valence-corrected chi connectivity index (χ0v) is 30.7. The van der Waals surface area contributed by atoms with Crippen LogP contribution in [0.5, 0.6) is 0 Å². The number of hydrogen-bond acceptors (Lipinski definition) is 1. The highest BCUT2D eigenvalue weighted by Gasteiger charge is 2.19. The Kier molecular flexibility index (Phi) is 7.53. The van der Waals surface area contributed by atoms with E-state index in [0.29, 0.717) is 0 Å². The zero-order chi connectivity index (χ0) is 37.0. The molecule has 56 heavy (non-hydrogen) atoms. The van der Waals surface area contributed by atoms with Gasteiger partial charge in [0, 0.05) is 33.5 Å². The fraction of sp³-hybridized carbons (Fsp3) is 0. The molecule has 0 spiro atoms. The van der Waals surface area contributed by atoms with Crippen LogP contribution in [0.1, 0.15) is 0 Å². The van der Waals surface area contributed by atoms with E-state index in [0.717, 1.165) is 22.7 Å². The molecule has 1 aromatic heterocycles. The van der Waals surface area contributed by atoms with Gasteiger partial charge in [0.05, 0.1) is 11.0 Å². The predicted octanol–water partition coefficient (Wildman–Crippen LogP) is 15.0. The Morgan fingerprint density at radius 2 is 0.696 bits per heavy atom. The van der Waals surface area contributed by atoms with Crippen LogP contribution in [0, 0.1) is 0 Å². The SMILES string of the molecule is c1ccc(N(c2ccc(-c3c4ccccc4c(-c4ccc5ccccc5c4)c4ccccc34)cc2)c2ccc(-n3c4ccccc4c4ccccc43)cc2)cc1. The smallest absolute Gasteiger partial charge is 0.0541 e. The van der Waals surface area contributed by atoms with Gasteiger partial charge in [-0.15, -0.1) is 0 Å². The molecule has 1 heterocycles. The molecule has 0 saturated carbocycles. The van der Waals surface area contributed by atoms with Gasteiger partial charge >= 0.3 is 0 Å². The third-order valence-electron chi connectivity index (χ3n) is 11.3. The summed E-state index contributed by atoms with van der Waals surface area (Å²) >= 11 is 0. The standard InChI is InChI=1S/C54H36N2/c1-2-16-41(17-3-1)55(43-32-34-44(35-33-43)56-51-24-12-10-18-45(51)46-19-11-13-25-52(46)56)42-30-28-38(29-31-42)53-47-20-6-8-22-49(47)54(50-23-9-7-21-48(50)53)40-27-26-37-14-4-5-15-39(37)36-40/h1-36H. The highest BCUT2D eigenvalue weighted by molar-refractivity contribution is 6.21. The van der Waals surface area contributed by atoms with Gasteiger partial charge in [0.25, 0.3) is 0 Å². The van der Waals surface area contributed by atoms with Crippen molar-refractivity contribution in [3.05, 3.63) is 218 Å². The van der Waals surface area contributed by atoms with Crippen LogP contribution in [0.3, 0.4) is 0 Å². The third kappa shape index (κ3) is 5.19. The van der Waals surface area contributed by atoms with Crippen LogP contribution in [0.15, 0.2) is 218 Å². The van der Waals surface area contributed by atoms with Crippen molar-refractivity contribution in [1.29, 1.82) is 0 Å². The number of aromatic nitrogens is 1. The molecule has 0 aliphatic carbocycles. The van der Waals surface area contributed by atoms with Gasteiger partial charge in [-0.05, 0) is 121 Å². The lowest BCUT2D eigenvalue weighted by molar-refractivity contribution is 1.17. The molecule has 262 valence electrons. The summed E-state index contributed by atoms with van der Waals surface area (Å²) in [5.41, 5.74) is 11.8. The van der Waals surface area contributed by atoms with Gasteiger partial charge in [-0.3, -0.25) is 0 Å². The molecule has 2 nitrogen and oxygen atoms in total. The van der Waals surface area contributed by atoms with Crippen molar-refractivity contribution in [1.82, 2.24) is 4.57 Å². The van der Waals surface area contributed by atoms with Gasteiger partial charge in [0.1, 0.15) is 0 Å². The van der Waals surface area contributed by atoms with Gasteiger partial charge in [0.2, 0.25) is 0 Å². The van der Waals surface area contributed by atoms with Crippen LogP contribution in [0.2, 0.25) is 0 Å². The van der Waals surface area contributed by atoms with E-state index in [2.05, 4.69) is 228 Å². The molecule has 11 rings (SSSR count). The molecule has 10 aromatic carbocycles. The summed E-state index contributed by atoms with van der Waals surface area (Å²) in [6.07, 6.45) is 0. The van der Waals surface area contributed by atoms with E-state index in [1.165, 1.54) is 76.4 Å². The summed E-state index contributed by atoms with van der Waals surface area (Å²) in [5, 5.41) is 10.1. The van der Waals surface area contributed by atoms with E-state index in [4.69, 9.17) is 0 Å². The Balaban J connectivity index is 1.03. The van der Waals surface area contributed by atoms with E-state index in [1.54, 1.807) is 0 Å². The molecule has 0 atom stereocenters. The van der Waals surface area contributed by atoms with E-state index in [9.17, 15) is 0 Å². The zero-order valence-electron chi connectivity index (χ0n) is 30.7. The van der Waals surface area contributed by atoms with Crippen LogP contribution >= 0.6 is 0 Å². The summed E-state index contributed by atoms with van der Waals surface area (Å²) in [6, 6.07) is 79.4. The second kappa shape index (κ2) is 13.2. The largest absolute Gasteiger partial charge is 0.311 e. The van der Waals surface area contributed by atoms with Crippen molar-refractivity contribution < 1.29 is 0 Å². The molecule has 0 aliphatic heterocycles. The van der Waals surface area contributed by atoms with E-state index >= 15 is 0 Å². The number of anilines is 3. The van der Waals surface area contributed by atoms with Crippen molar-refractivity contribution in [2.24, 2.45) is 0 Å². The van der Waals surface area contributed by atoms with Crippen molar-refractivity contribution in [3.8, 4) is 27.9 Å². The number of fused-ring (bicyclic) bond motifs is 6. The van der Waals surface area contributed by atoms with Gasteiger partial charge < -0.3 is 9.47 Å². The topological polar surface area (TPSA) is 8.17 Å². The van der Waals surface area contributed by atoms with E-state index in [1.807, 2.05) is 0 Å². The average molecular weight is 713 g/mol. The summed E-state index contributed by atoms with van der Waals surface area (Å²) in [5.74, 6) is 0. The lowest BCUT2D eigenvalue weighted by Crippen LogP contribution is -2.10. The summed E-state index contributed by atoms with van der Waals surface area (Å²) in [4.78, 5) is 2.35. The normalized spacial score (nSPS) is 11.6. The summed E-state index contributed by atoms with van der Waals surface area (Å²) < 4.78 is 2.37. The maximum atomic E-state index is 2.37. The number of benzene rings is 10. The minimum absolute atomic E-state index is 1.10. The Hall–Kier alpha value is -7.42. The van der Waals surface area contributed by atoms with E-state index < -0.39 is 0 Å². The molecule has 0 N–H and O–H groups in total. The predicted molar refractivity (Wildman–Crippen MR) is 239 cm³/mol. The molecular formula is C54H36N2. The minimum Gasteiger partial charge on any atom is -0.311 e. The van der Waals surface area contributed by atoms with Gasteiger partial charge in [-0.2, -0.15) is 0 Å². The van der Waals surface area contributed by atoms with Crippen molar-refractivity contribution in [3.63, 3.8) is 0 Å². The van der Waals surface area contributed by atoms with Gasteiger partial charge in [0.15, 0.2) is 0 Å². The molecule has 0 unspecified atom stereocenters. The number of para-hydroxylation sites is 3. The maximum absolute atomic E-state index is 2.37. The Morgan fingerprint density at radius 1 is 0.286 bits per heavy atom. The second-order valence-electron chi connectivity index (χ2n) is 14.5. The van der Waals surface area contributed by atoms with Crippen LogP contribution in [-0.2, 0) is 0 Å². The second-order valence-corrected chi connectivity index (χ2v) is 14.5. The Bertz CT molecular complexity index is 3120. The first-order chi connectivity index (χ1) is 27.8. The third-order valence-corrected chi connectivity index (χ3v) is 11.3. The van der Waals surface area contributed by atoms with Crippen molar-refractivity contribution >= 4 is 71.2 Å². The summed E-state index contributed by atoms with van der Waals surface area (Å²) in [7, 11) is 0. The fourth-order valence-electron chi connectivity index (χ4n) is 8.85. The van der Waals surface area contributed by atoms with Crippen LogP contribution in [0.25, 0.3) is 82.1 Å². The molecule has 0 amide bonds. The minimum atomic E-state index is 1.10. The molecule has 0 fully saturated rings. The number of rotatable bonds is 6. The van der Waals surface area contributed by atoms with Crippen molar-refractivity contribution in [2.75, 3.05) is 4.90 Å². The molecule has 0 saturated heterocycles. The molecular weight excluding hydrogens is 677 g/mol. The quantitative estimate of drug-likeness (QED) is 0.156. The highest BCUT2D eigenvalue weighted by atomic mass is 15.1. The molecule has 11 aromatic rings. The van der Waals surface area contributed by atoms with Crippen LogP contribution < -0.4 is 4.90 Å². The highest BCUT2D eigenvalue weighted by Crippen LogP contribution is 2.45.